The highest BCUT2D eigenvalue weighted by molar-refractivity contribution is 7.92. The number of rotatable bonds is 13. The van der Waals surface area contributed by atoms with Crippen molar-refractivity contribution in [2.75, 3.05) is 144 Å². The summed E-state index contributed by atoms with van der Waals surface area (Å²) in [5.41, 5.74) is -0.0512. The van der Waals surface area contributed by atoms with Crippen LogP contribution in [-0.2, 0) is 83.2 Å². The fourth-order valence-corrected chi connectivity index (χ4v) is 27.4. The molecule has 51 heteroatoms. The second kappa shape index (κ2) is 38.6. The molecule has 17 rings (SSSR count). The SMILES string of the molecule is O=C(C1CCS(=O)(=O)CC1)N1CCN(c2cc(C(F)(F)F)on2)CC1c1ccccc1.O=C(C1CCS(=O)(=O)CC1)N1CCN(c2ncc(C(F)(F)F)cn2)CC1c1ccc(C2CC2)s1.O=C(C1CCS(=O)(=O)CC1)N1CCN(c2nnc(C(F)(F)F)s2)C[C@@H]1c1ccc(Cl)s1.O=C(C1CCS(=O)(=O)CC1)N1CCN(c2nnc(C(F)(F)F)s2)C[C@H]1c1ccc(Cl)s1. The average molecular weight is 2000 g/mol. The Hall–Kier alpha value is -7.65. The number of anilines is 4. The topological polar surface area (TPSA) is 334 Å². The second-order valence-electron chi connectivity index (χ2n) is 32.0. The summed E-state index contributed by atoms with van der Waals surface area (Å²) in [6.07, 6.45) is -12.0. The van der Waals surface area contributed by atoms with Crippen LogP contribution in [0, 0.1) is 23.7 Å². The number of alkyl halides is 12. The minimum absolute atomic E-state index is 0.00145. The van der Waals surface area contributed by atoms with Crippen LogP contribution in [0.3, 0.4) is 0 Å². The molecular weight excluding hydrogens is 1920 g/mol. The van der Waals surface area contributed by atoms with Gasteiger partial charge in [0, 0.05) is 140 Å². The molecule has 4 amide bonds. The Kier molecular flexibility index (Phi) is 29.0. The Bertz CT molecular complexity index is 5500. The highest BCUT2D eigenvalue weighted by Gasteiger charge is 2.47. The Morgan fingerprint density at radius 2 is 0.724 bits per heavy atom. The largest absolute Gasteiger partial charge is 0.452 e. The number of thiophene rings is 3. The quantitative estimate of drug-likeness (QED) is 0.0968. The van der Waals surface area contributed by atoms with Crippen molar-refractivity contribution in [3.05, 3.63) is 140 Å². The number of carbonyl (C=O) groups is 4. The molecule has 1 saturated carbocycles. The van der Waals surface area contributed by atoms with Gasteiger partial charge in [-0.2, -0.15) is 52.7 Å². The minimum Gasteiger partial charge on any atom is -0.350 e. The maximum absolute atomic E-state index is 13.5. The van der Waals surface area contributed by atoms with Crippen LogP contribution in [0.1, 0.15) is 141 Å². The molecule has 9 aliphatic rings. The van der Waals surface area contributed by atoms with Crippen molar-refractivity contribution in [3.63, 3.8) is 0 Å². The number of hydrogen-bond acceptors (Lipinski definition) is 29. The summed E-state index contributed by atoms with van der Waals surface area (Å²) in [6.45, 7) is 3.63. The lowest BCUT2D eigenvalue weighted by molar-refractivity contribution is -0.155. The summed E-state index contributed by atoms with van der Waals surface area (Å²) >= 11 is 17.4. The molecule has 15 heterocycles. The molecule has 0 radical (unpaired) electrons. The number of aromatic nitrogens is 7. The first-order chi connectivity index (χ1) is 59.8. The molecule has 9 fully saturated rings. The lowest BCUT2D eigenvalue weighted by Gasteiger charge is -2.43. The molecule has 7 aromatic heterocycles. The maximum Gasteiger partial charge on any atom is 0.452 e. The first-order valence-corrected chi connectivity index (χ1v) is 52.4. The molecule has 4 atom stereocenters. The Balaban J connectivity index is 0.000000137. The molecule has 8 saturated heterocycles. The average Bonchev–Trinajstić information content (AvgIpc) is 1.73. The van der Waals surface area contributed by atoms with Gasteiger partial charge in [-0.25, -0.2) is 43.6 Å². The van der Waals surface area contributed by atoms with Crippen LogP contribution in [0.5, 0.6) is 0 Å². The number of benzene rings is 1. The zero-order valence-electron chi connectivity index (χ0n) is 67.0. The van der Waals surface area contributed by atoms with Gasteiger partial charge in [0.1, 0.15) is 39.3 Å². The van der Waals surface area contributed by atoms with E-state index in [-0.39, 0.29) is 186 Å². The standard InChI is InChI=1S/C22H25F3N4O3S2.C20H22F3N3O4S.2C17H18ClF3N4O3S3/c23-22(24,25)16-11-26-21(27-12-16)28-7-8-29(20(30)15-5-9-34(31,32)10-6-15)17(13-28)19-4-3-18(33-19)14-1-2-14;21-20(22,23)17-12-18(24-30-17)25-8-9-26(16(13-25)14-4-2-1-3-5-14)19(27)15-6-10-31(28,29)11-7-15;2*18-13-2-1-12(29-13)11-9-24(16-23-22-15(30-16)17(19,20)21)5-6-25(11)14(26)10-3-7-31(27,28)8-4-10/h3-4,11-12,14-15,17H,1-2,5-10,13H2;1-5,12,15-16H,6-11,13H2;2*1-2,10-11H,3-9H2/t;;2*11-/m..10/s1. The van der Waals surface area contributed by atoms with Crippen LogP contribution in [0.25, 0.3) is 0 Å². The van der Waals surface area contributed by atoms with E-state index in [0.717, 1.165) is 51.5 Å². The van der Waals surface area contributed by atoms with Crippen molar-refractivity contribution in [1.29, 1.82) is 0 Å². The summed E-state index contributed by atoms with van der Waals surface area (Å²) in [6, 6.07) is 19.7. The molecule has 0 N–H and O–H groups in total. The third-order valence-electron chi connectivity index (χ3n) is 23.5. The van der Waals surface area contributed by atoms with Gasteiger partial charge in [0.15, 0.2) is 5.82 Å². The van der Waals surface area contributed by atoms with E-state index in [4.69, 9.17) is 23.2 Å². The van der Waals surface area contributed by atoms with Gasteiger partial charge in [0.25, 0.3) is 0 Å². The van der Waals surface area contributed by atoms with Crippen LogP contribution in [0.2, 0.25) is 8.67 Å². The number of nitrogens with zero attached hydrogens (tertiary/aromatic N) is 15. The van der Waals surface area contributed by atoms with Gasteiger partial charge in [-0.3, -0.25) is 19.2 Å². The van der Waals surface area contributed by atoms with Crippen molar-refractivity contribution < 1.29 is 110 Å². The first kappa shape index (κ1) is 95.4. The molecule has 28 nitrogen and oxygen atoms in total. The van der Waals surface area contributed by atoms with E-state index in [0.29, 0.717) is 102 Å². The fraction of sp³-hybridized carbons (Fsp3) is 0.566. The van der Waals surface area contributed by atoms with Gasteiger partial charge in [-0.05, 0) is 112 Å². The molecule has 8 aliphatic heterocycles. The predicted octanol–water partition coefficient (Wildman–Crippen LogP) is 13.5. The van der Waals surface area contributed by atoms with Gasteiger partial charge in [-0.1, -0.05) is 81.4 Å². The smallest absolute Gasteiger partial charge is 0.350 e. The van der Waals surface area contributed by atoms with E-state index < -0.39 is 104 Å². The molecule has 0 spiro atoms. The predicted molar refractivity (Wildman–Crippen MR) is 452 cm³/mol. The van der Waals surface area contributed by atoms with E-state index in [1.54, 1.807) is 65.0 Å². The normalized spacial score (nSPS) is 22.9. The third-order valence-corrected chi connectivity index (χ3v) is 36.4. The van der Waals surface area contributed by atoms with E-state index in [1.165, 1.54) is 27.6 Å². The molecule has 2 unspecified atom stereocenters. The van der Waals surface area contributed by atoms with Crippen molar-refractivity contribution in [1.82, 2.24) is 55.1 Å². The number of carbonyl (C=O) groups excluding carboxylic acids is 4. The van der Waals surface area contributed by atoms with Crippen molar-refractivity contribution in [3.8, 4) is 0 Å². The molecule has 0 bridgehead atoms. The third kappa shape index (κ3) is 23.8. The van der Waals surface area contributed by atoms with Crippen molar-refractivity contribution >= 4 is 165 Å². The zero-order valence-corrected chi connectivity index (χ0v) is 75.8. The molecular formula is C76H83Cl2F12N15O13S9. The van der Waals surface area contributed by atoms with Crippen LogP contribution in [0.4, 0.5) is 74.7 Å². The number of halogens is 14. The highest BCUT2D eigenvalue weighted by Crippen LogP contribution is 2.48. The van der Waals surface area contributed by atoms with Gasteiger partial charge in [0.05, 0.1) is 84.4 Å². The molecule has 1 aliphatic carbocycles. The zero-order chi connectivity index (χ0) is 91.1. The minimum atomic E-state index is -4.62. The molecule has 127 heavy (non-hydrogen) atoms. The maximum atomic E-state index is 13.5. The first-order valence-electron chi connectivity index (χ1n) is 40.2. The van der Waals surface area contributed by atoms with Gasteiger partial charge in [-0.15, -0.1) is 54.4 Å². The second-order valence-corrected chi connectivity index (χ2v) is 47.7. The number of hydrogen-bond donors (Lipinski definition) is 0. The number of amides is 4. The lowest BCUT2D eigenvalue weighted by atomic mass is 9.96. The van der Waals surface area contributed by atoms with Crippen LogP contribution in [0.15, 0.2) is 89.7 Å². The molecule has 692 valence electrons. The summed E-state index contributed by atoms with van der Waals surface area (Å²) in [4.78, 5) is 78.9. The Labute approximate surface area is 751 Å². The summed E-state index contributed by atoms with van der Waals surface area (Å²) in [7, 11) is -12.4. The van der Waals surface area contributed by atoms with Crippen LogP contribution >= 0.6 is 79.9 Å². The summed E-state index contributed by atoms with van der Waals surface area (Å²) in [5, 5.41) is 15.7. The van der Waals surface area contributed by atoms with Gasteiger partial charge < -0.3 is 43.7 Å². The Morgan fingerprint density at radius 3 is 1.07 bits per heavy atom. The number of piperazine rings is 4. The van der Waals surface area contributed by atoms with Crippen LogP contribution < -0.4 is 19.6 Å². The van der Waals surface area contributed by atoms with Crippen molar-refractivity contribution in [2.45, 2.75) is 119 Å². The summed E-state index contributed by atoms with van der Waals surface area (Å²) in [5.74, 6) is -2.19. The van der Waals surface area contributed by atoms with E-state index >= 15 is 0 Å². The van der Waals surface area contributed by atoms with E-state index in [2.05, 4.69) is 46.1 Å². The monoisotopic (exact) mass is 2000 g/mol. The fourth-order valence-electron chi connectivity index (χ4n) is 16.3. The Morgan fingerprint density at radius 1 is 0.378 bits per heavy atom. The number of sulfone groups is 4. The van der Waals surface area contributed by atoms with Gasteiger partial charge >= 0.3 is 24.7 Å². The van der Waals surface area contributed by atoms with Gasteiger partial charge in [0.2, 0.25) is 55.6 Å². The van der Waals surface area contributed by atoms with E-state index in [1.807, 2.05) is 46.2 Å². The molecule has 1 aromatic carbocycles. The summed E-state index contributed by atoms with van der Waals surface area (Å²) < 4.78 is 254. The lowest BCUT2D eigenvalue weighted by Crippen LogP contribution is -2.53. The van der Waals surface area contributed by atoms with E-state index in [9.17, 15) is 106 Å². The molecule has 8 aromatic rings. The highest BCUT2D eigenvalue weighted by atomic mass is 35.5. The van der Waals surface area contributed by atoms with Crippen molar-refractivity contribution in [2.24, 2.45) is 23.7 Å². The van der Waals surface area contributed by atoms with Crippen LogP contribution in [-0.4, -0.2) is 237 Å².